The minimum Gasteiger partial charge on any atom is -0.454 e. The van der Waals surface area contributed by atoms with Gasteiger partial charge >= 0.3 is 0 Å². The molecule has 1 aliphatic rings. The molecule has 1 aromatic heterocycles. The van der Waals surface area contributed by atoms with Crippen molar-refractivity contribution in [1.82, 2.24) is 9.55 Å². The summed E-state index contributed by atoms with van der Waals surface area (Å²) in [4.78, 5) is 3.10. The van der Waals surface area contributed by atoms with Gasteiger partial charge in [0.1, 0.15) is 5.82 Å². The lowest BCUT2D eigenvalue weighted by Gasteiger charge is -2.06. The van der Waals surface area contributed by atoms with Crippen LogP contribution in [0, 0.1) is 14.2 Å². The number of rotatable bonds is 1. The Morgan fingerprint density at radius 1 is 1.19 bits per heavy atom. The van der Waals surface area contributed by atoms with Gasteiger partial charge in [-0.05, 0) is 53.0 Å². The second kappa shape index (κ2) is 4.70. The van der Waals surface area contributed by atoms with Crippen molar-refractivity contribution in [3.63, 3.8) is 0 Å². The van der Waals surface area contributed by atoms with Gasteiger partial charge in [-0.15, -0.1) is 0 Å². The first kappa shape index (κ1) is 13.1. The number of nitrogens with zero attached hydrogens (tertiary/aromatic N) is 1. The van der Waals surface area contributed by atoms with Crippen LogP contribution in [-0.2, 0) is 0 Å². The van der Waals surface area contributed by atoms with Gasteiger partial charge in [0.15, 0.2) is 16.3 Å². The molecule has 21 heavy (non-hydrogen) atoms. The normalized spacial score (nSPS) is 13.0. The summed E-state index contributed by atoms with van der Waals surface area (Å²) in [6.07, 6.45) is 0. The topological polar surface area (TPSA) is 39.2 Å². The van der Waals surface area contributed by atoms with E-state index in [4.69, 9.17) is 21.7 Å². The molecule has 7 heteroatoms. The van der Waals surface area contributed by atoms with Crippen molar-refractivity contribution >= 4 is 45.8 Å². The van der Waals surface area contributed by atoms with Crippen LogP contribution in [0.4, 0.5) is 4.39 Å². The Balaban J connectivity index is 2.00. The van der Waals surface area contributed by atoms with E-state index in [0.29, 0.717) is 25.4 Å². The Morgan fingerprint density at radius 2 is 2.00 bits per heavy atom. The van der Waals surface area contributed by atoms with E-state index in [9.17, 15) is 4.39 Å². The van der Waals surface area contributed by atoms with E-state index >= 15 is 0 Å². The van der Waals surface area contributed by atoms with Gasteiger partial charge in [0.2, 0.25) is 6.79 Å². The summed E-state index contributed by atoms with van der Waals surface area (Å²) in [6.45, 7) is 0.213. The van der Waals surface area contributed by atoms with Crippen LogP contribution in [0.2, 0.25) is 0 Å². The number of nitrogens with one attached hydrogen (secondary N) is 1. The van der Waals surface area contributed by atoms with E-state index < -0.39 is 0 Å². The van der Waals surface area contributed by atoms with E-state index in [-0.39, 0.29) is 12.6 Å². The van der Waals surface area contributed by atoms with Crippen molar-refractivity contribution in [2.24, 2.45) is 0 Å². The average Bonchev–Trinajstić information content (AvgIpc) is 3.02. The van der Waals surface area contributed by atoms with Crippen LogP contribution in [0.3, 0.4) is 0 Å². The third-order valence-corrected chi connectivity index (χ3v) is 4.45. The number of hydrogen-bond acceptors (Lipinski definition) is 3. The number of halogens is 2. The molecule has 0 atom stereocenters. The largest absolute Gasteiger partial charge is 0.454 e. The molecule has 1 N–H and O–H groups in total. The summed E-state index contributed by atoms with van der Waals surface area (Å²) in [5.74, 6) is 1.09. The molecule has 0 fully saturated rings. The van der Waals surface area contributed by atoms with Crippen molar-refractivity contribution in [3.05, 3.63) is 44.5 Å². The fraction of sp³-hybridized carbons (Fsp3) is 0.0714. The molecule has 0 saturated carbocycles. The molecule has 0 unspecified atom stereocenters. The zero-order valence-corrected chi connectivity index (χ0v) is 13.5. The molecule has 2 heterocycles. The van der Waals surface area contributed by atoms with Crippen LogP contribution in [0.1, 0.15) is 0 Å². The van der Waals surface area contributed by atoms with Crippen LogP contribution in [0.25, 0.3) is 16.7 Å². The average molecular weight is 414 g/mol. The maximum Gasteiger partial charge on any atom is 0.231 e. The number of benzene rings is 2. The van der Waals surface area contributed by atoms with Gasteiger partial charge in [0.25, 0.3) is 0 Å². The highest BCUT2D eigenvalue weighted by molar-refractivity contribution is 14.1. The summed E-state index contributed by atoms with van der Waals surface area (Å²) in [7, 11) is 0. The molecule has 0 spiro atoms. The first-order valence-corrected chi connectivity index (χ1v) is 7.62. The minimum absolute atomic E-state index is 0.213. The summed E-state index contributed by atoms with van der Waals surface area (Å²) >= 11 is 7.32. The number of H-pyrrole nitrogens is 1. The number of aromatic nitrogens is 2. The molecule has 1 aliphatic heterocycles. The number of ether oxygens (including phenoxy) is 2. The molecule has 4 nitrogen and oxygen atoms in total. The quantitative estimate of drug-likeness (QED) is 0.480. The Labute approximate surface area is 137 Å². The molecule has 0 aliphatic carbocycles. The monoisotopic (exact) mass is 414 g/mol. The maximum atomic E-state index is 13.9. The number of hydrogen-bond donors (Lipinski definition) is 1. The number of fused-ring (bicyclic) bond motifs is 2. The van der Waals surface area contributed by atoms with Crippen molar-refractivity contribution in [3.8, 4) is 17.2 Å². The predicted octanol–water partition coefficient (Wildman–Crippen LogP) is 4.16. The lowest BCUT2D eigenvalue weighted by Crippen LogP contribution is -1.95. The predicted molar refractivity (Wildman–Crippen MR) is 87.3 cm³/mol. The second-order valence-electron chi connectivity index (χ2n) is 4.59. The van der Waals surface area contributed by atoms with E-state index in [1.807, 2.05) is 40.8 Å². The molecular weight excluding hydrogens is 406 g/mol. The lowest BCUT2D eigenvalue weighted by molar-refractivity contribution is 0.174. The minimum atomic E-state index is -0.272. The molecule has 0 bridgehead atoms. The molecule has 0 amide bonds. The third-order valence-electron chi connectivity index (χ3n) is 3.34. The third kappa shape index (κ3) is 2.03. The van der Waals surface area contributed by atoms with Gasteiger partial charge in [-0.2, -0.15) is 0 Å². The molecule has 3 aromatic rings. The van der Waals surface area contributed by atoms with Crippen LogP contribution >= 0.6 is 34.8 Å². The Morgan fingerprint density at radius 3 is 2.86 bits per heavy atom. The van der Waals surface area contributed by atoms with Gasteiger partial charge in [-0.1, -0.05) is 0 Å². The van der Waals surface area contributed by atoms with Gasteiger partial charge in [-0.25, -0.2) is 4.39 Å². The molecule has 0 saturated heterocycles. The number of imidazole rings is 1. The Hall–Kier alpha value is -1.61. The first-order chi connectivity index (χ1) is 10.1. The SMILES string of the molecule is Fc1cc2c(cc1I)[nH]c(=S)n2-c1ccc2c(c1)OCO2. The lowest BCUT2D eigenvalue weighted by atomic mass is 10.2. The van der Waals surface area contributed by atoms with Crippen LogP contribution in [-0.4, -0.2) is 16.3 Å². The summed E-state index contributed by atoms with van der Waals surface area (Å²) in [6, 6.07) is 8.74. The fourth-order valence-electron chi connectivity index (χ4n) is 2.38. The van der Waals surface area contributed by atoms with Gasteiger partial charge in [0, 0.05) is 12.1 Å². The second-order valence-corrected chi connectivity index (χ2v) is 6.14. The van der Waals surface area contributed by atoms with Gasteiger partial charge < -0.3 is 14.5 Å². The summed E-state index contributed by atoms with van der Waals surface area (Å²) in [5, 5.41) is 0. The molecule has 4 rings (SSSR count). The van der Waals surface area contributed by atoms with Crippen molar-refractivity contribution in [2.45, 2.75) is 0 Å². The van der Waals surface area contributed by atoms with Crippen molar-refractivity contribution in [2.75, 3.05) is 6.79 Å². The smallest absolute Gasteiger partial charge is 0.231 e. The zero-order valence-electron chi connectivity index (χ0n) is 10.5. The van der Waals surface area contributed by atoms with E-state index in [1.54, 1.807) is 10.6 Å². The van der Waals surface area contributed by atoms with E-state index in [1.165, 1.54) is 6.07 Å². The molecular formula is C14H8FIN2O2S. The van der Waals surface area contributed by atoms with Gasteiger partial charge in [-0.3, -0.25) is 4.57 Å². The van der Waals surface area contributed by atoms with Gasteiger partial charge in [0.05, 0.1) is 20.3 Å². The van der Waals surface area contributed by atoms with Crippen LogP contribution < -0.4 is 9.47 Å². The summed E-state index contributed by atoms with van der Waals surface area (Å²) in [5.41, 5.74) is 2.29. The fourth-order valence-corrected chi connectivity index (χ4v) is 3.16. The van der Waals surface area contributed by atoms with E-state index in [2.05, 4.69) is 4.98 Å². The highest BCUT2D eigenvalue weighted by Gasteiger charge is 2.16. The van der Waals surface area contributed by atoms with Crippen molar-refractivity contribution < 1.29 is 13.9 Å². The number of aromatic amines is 1. The first-order valence-electron chi connectivity index (χ1n) is 6.13. The molecule has 106 valence electrons. The Bertz CT molecular complexity index is 935. The molecule has 0 radical (unpaired) electrons. The maximum absolute atomic E-state index is 13.9. The summed E-state index contributed by atoms with van der Waals surface area (Å²) < 4.78 is 27.4. The highest BCUT2D eigenvalue weighted by Crippen LogP contribution is 2.34. The Kier molecular flexibility index (Phi) is 2.93. The van der Waals surface area contributed by atoms with E-state index in [0.717, 1.165) is 11.2 Å². The van der Waals surface area contributed by atoms with Crippen molar-refractivity contribution in [1.29, 1.82) is 0 Å². The zero-order chi connectivity index (χ0) is 14.6. The molecule has 2 aromatic carbocycles. The van der Waals surface area contributed by atoms with Crippen LogP contribution in [0.15, 0.2) is 30.3 Å². The standard InChI is InChI=1S/C14H8FIN2O2S/c15-8-4-11-10(5-9(8)16)17-14(21)18(11)7-1-2-12-13(3-7)20-6-19-12/h1-5H,6H2,(H,17,21). The van der Waals surface area contributed by atoms with Crippen LogP contribution in [0.5, 0.6) is 11.5 Å². The highest BCUT2D eigenvalue weighted by atomic mass is 127.